The number of amides is 2. The smallest absolute Gasteiger partial charge is 0.480 e. The number of rotatable bonds is 21. The molecule has 0 spiro atoms. The van der Waals surface area contributed by atoms with Crippen molar-refractivity contribution in [1.82, 2.24) is 30.2 Å². The zero-order valence-electron chi connectivity index (χ0n) is 38.1. The van der Waals surface area contributed by atoms with Gasteiger partial charge in [-0.15, -0.1) is 0 Å². The topological polar surface area (TPSA) is 276 Å². The van der Waals surface area contributed by atoms with E-state index in [0.717, 1.165) is 33.4 Å². The zero-order chi connectivity index (χ0) is 47.9. The fraction of sp³-hybridized carbons (Fsp3) is 0.581. The molecule has 1 aliphatic rings. The maximum absolute atomic E-state index is 13.2. The van der Waals surface area contributed by atoms with Crippen LogP contribution in [0.1, 0.15) is 54.5 Å². The fourth-order valence-corrected chi connectivity index (χ4v) is 8.85. The molecule has 2 aromatic rings. The summed E-state index contributed by atoms with van der Waals surface area (Å²) in [6, 6.07) is 5.63. The number of carbonyl (C=O) groups is 6. The minimum atomic E-state index is -4.68. The van der Waals surface area contributed by atoms with Crippen LogP contribution in [0.15, 0.2) is 24.3 Å². The van der Waals surface area contributed by atoms with Gasteiger partial charge in [0.2, 0.25) is 11.8 Å². The Balaban J connectivity index is 0.0000145. The number of carbonyl (C=O) groups excluding carboxylic acids is 2. The summed E-state index contributed by atoms with van der Waals surface area (Å²) in [4.78, 5) is 90.7. The first kappa shape index (κ1) is 57.5. The largest absolute Gasteiger partial charge is 3.00 e. The SMILES string of the molecule is Cc1cc(C)c(-c2cc(C)c(OP(=O)(O)OCCC[C@H](C(=O)O)N3CCN(CC(=O)NCC(=O)O)CCN([C@@H](C(=O)O)C(C)C)CCN(CC(=O)NCC(=O)O)CC3)cc2C)c(C)c1.[Gd+3]. The van der Waals surface area contributed by atoms with E-state index >= 15 is 0 Å². The van der Waals surface area contributed by atoms with Gasteiger partial charge in [0.25, 0.3) is 0 Å². The van der Waals surface area contributed by atoms with Crippen LogP contribution in [0.4, 0.5) is 0 Å². The maximum atomic E-state index is 13.2. The Morgan fingerprint density at radius 1 is 0.677 bits per heavy atom. The average Bonchev–Trinajstić information content (AvgIpc) is 3.17. The second-order valence-electron chi connectivity index (χ2n) is 16.6. The average molecular weight is 1080 g/mol. The van der Waals surface area contributed by atoms with Crippen molar-refractivity contribution in [2.24, 2.45) is 5.92 Å². The molecule has 1 aliphatic heterocycles. The van der Waals surface area contributed by atoms with Crippen LogP contribution in [0, 0.1) is 80.5 Å². The van der Waals surface area contributed by atoms with Crippen LogP contribution in [-0.2, 0) is 37.9 Å². The quantitative estimate of drug-likeness (QED) is 0.0698. The van der Waals surface area contributed by atoms with Gasteiger partial charge in [-0.2, -0.15) is 0 Å². The van der Waals surface area contributed by atoms with E-state index in [0.29, 0.717) is 5.56 Å². The molecule has 0 aromatic heterocycles. The van der Waals surface area contributed by atoms with Crippen molar-refractivity contribution in [3.8, 4) is 16.9 Å². The molecule has 3 rings (SSSR count). The molecule has 3 atom stereocenters. The van der Waals surface area contributed by atoms with Crippen molar-refractivity contribution in [3.05, 3.63) is 52.1 Å². The van der Waals surface area contributed by atoms with Crippen molar-refractivity contribution in [3.63, 3.8) is 0 Å². The Morgan fingerprint density at radius 2 is 1.15 bits per heavy atom. The van der Waals surface area contributed by atoms with Crippen molar-refractivity contribution in [1.29, 1.82) is 0 Å². The predicted molar refractivity (Wildman–Crippen MR) is 236 cm³/mol. The molecule has 1 heterocycles. The minimum absolute atomic E-state index is 0. The van der Waals surface area contributed by atoms with Crippen LogP contribution >= 0.6 is 7.82 Å². The normalized spacial score (nSPS) is 16.8. The number of phosphoric acid groups is 1. The van der Waals surface area contributed by atoms with E-state index in [9.17, 15) is 48.4 Å². The third-order valence-corrected chi connectivity index (χ3v) is 11.9. The Morgan fingerprint density at radius 3 is 1.58 bits per heavy atom. The molecular weight excluding hydrogens is 1010 g/mol. The van der Waals surface area contributed by atoms with Crippen LogP contribution < -0.4 is 15.2 Å². The number of nitrogens with one attached hydrogen (secondary N) is 2. The summed E-state index contributed by atoms with van der Waals surface area (Å²) in [6.07, 6.45) is -0.0499. The molecule has 0 aliphatic carbocycles. The van der Waals surface area contributed by atoms with Crippen LogP contribution in [0.2, 0.25) is 0 Å². The molecule has 1 fully saturated rings. The maximum Gasteiger partial charge on any atom is 3.00 e. The molecule has 2 amide bonds. The summed E-state index contributed by atoms with van der Waals surface area (Å²) < 4.78 is 24.0. The van der Waals surface area contributed by atoms with E-state index in [1.54, 1.807) is 46.4 Å². The standard InChI is InChI=1S/C43H65N6O14P.Gd/c1-27(2)41(43(58)59)49-16-12-46(25-36(50)44-23-38(52)53)10-14-48(15-11-47(13-17-49)26-37(51)45-24-39(54)55)34(42(56)57)9-8-18-62-64(60,61)63-35-22-29(4)33(21-30(35)5)40-31(6)19-28(3)20-32(40)7;/h19-22,27,34,41H,8-18,23-26H2,1-7H3,(H,44,50)(H,45,51)(H,52,53)(H,54,55)(H,56,57)(H,58,59)(H,60,61);/q;+3/t34-,41-;/m1./s1. The molecule has 1 radical (unpaired) electrons. The number of carboxylic acids is 4. The van der Waals surface area contributed by atoms with E-state index < -0.39 is 68.7 Å². The van der Waals surface area contributed by atoms with E-state index in [4.69, 9.17) is 19.3 Å². The second-order valence-corrected chi connectivity index (χ2v) is 18.0. The fourth-order valence-electron chi connectivity index (χ4n) is 7.99. The van der Waals surface area contributed by atoms with Gasteiger partial charge in [-0.05, 0) is 98.9 Å². The monoisotopic (exact) mass is 1080 g/mol. The first-order valence-corrected chi connectivity index (χ1v) is 22.7. The van der Waals surface area contributed by atoms with Crippen LogP contribution in [0.3, 0.4) is 0 Å². The summed E-state index contributed by atoms with van der Waals surface area (Å²) in [5.41, 5.74) is 6.78. The van der Waals surface area contributed by atoms with Gasteiger partial charge in [-0.3, -0.25) is 57.8 Å². The third kappa shape index (κ3) is 19.3. The van der Waals surface area contributed by atoms with E-state index in [1.807, 2.05) is 33.8 Å². The number of carboxylic acid groups (broad SMARTS) is 4. The van der Waals surface area contributed by atoms with E-state index in [2.05, 4.69) is 22.8 Å². The van der Waals surface area contributed by atoms with Gasteiger partial charge >= 0.3 is 71.6 Å². The molecule has 2 aromatic carbocycles. The number of benzene rings is 2. The first-order valence-electron chi connectivity index (χ1n) is 21.2. The van der Waals surface area contributed by atoms with Gasteiger partial charge in [0, 0.05) is 52.4 Å². The number of aryl methyl sites for hydroxylation is 5. The first-order chi connectivity index (χ1) is 30.0. The Labute approximate surface area is 412 Å². The molecule has 0 bridgehead atoms. The molecule has 1 unspecified atom stereocenters. The van der Waals surface area contributed by atoms with Gasteiger partial charge in [0.1, 0.15) is 30.9 Å². The van der Waals surface area contributed by atoms with Gasteiger partial charge < -0.3 is 35.6 Å². The molecular formula is C43H65GdN6O14P+3. The summed E-state index contributed by atoms with van der Waals surface area (Å²) in [7, 11) is -4.68. The van der Waals surface area contributed by atoms with E-state index in [-0.39, 0.29) is 137 Å². The van der Waals surface area contributed by atoms with Crippen molar-refractivity contribution < 1.29 is 108 Å². The molecule has 20 nitrogen and oxygen atoms in total. The number of aliphatic carboxylic acids is 4. The Kier molecular flexibility index (Phi) is 24.1. The molecule has 7 N–H and O–H groups in total. The van der Waals surface area contributed by atoms with Gasteiger partial charge in [-0.25, -0.2) is 4.57 Å². The van der Waals surface area contributed by atoms with Crippen molar-refractivity contribution >= 4 is 43.5 Å². The van der Waals surface area contributed by atoms with Gasteiger partial charge in [0.05, 0.1) is 19.7 Å². The third-order valence-electron chi connectivity index (χ3n) is 11.0. The van der Waals surface area contributed by atoms with Crippen LogP contribution in [0.25, 0.3) is 11.1 Å². The Hall–Kier alpha value is -3.63. The molecule has 1 saturated heterocycles. The predicted octanol–water partition coefficient (Wildman–Crippen LogP) is 2.36. The molecule has 361 valence electrons. The zero-order valence-corrected chi connectivity index (χ0v) is 41.3. The van der Waals surface area contributed by atoms with Crippen molar-refractivity contribution in [2.45, 2.75) is 73.4 Å². The van der Waals surface area contributed by atoms with Crippen LogP contribution in [0.5, 0.6) is 5.75 Å². The Bertz CT molecular complexity index is 1970. The van der Waals surface area contributed by atoms with Gasteiger partial charge in [0.15, 0.2) is 0 Å². The summed E-state index contributed by atoms with van der Waals surface area (Å²) in [5, 5.41) is 43.5. The number of phosphoric ester groups is 1. The van der Waals surface area contributed by atoms with Crippen LogP contribution in [-0.4, -0.2) is 178 Å². The number of hydrogen-bond acceptors (Lipinski definition) is 13. The summed E-state index contributed by atoms with van der Waals surface area (Å²) >= 11 is 0. The summed E-state index contributed by atoms with van der Waals surface area (Å²) in [6.45, 7) is 11.9. The van der Waals surface area contributed by atoms with Crippen molar-refractivity contribution in [2.75, 3.05) is 85.1 Å². The molecule has 65 heavy (non-hydrogen) atoms. The number of hydrogen-bond donors (Lipinski definition) is 7. The molecule has 22 heteroatoms. The van der Waals surface area contributed by atoms with E-state index in [1.165, 1.54) is 0 Å². The summed E-state index contributed by atoms with van der Waals surface area (Å²) in [5.74, 6) is -6.19. The second kappa shape index (κ2) is 27.3. The molecule has 0 saturated carbocycles. The minimum Gasteiger partial charge on any atom is -0.480 e. The van der Waals surface area contributed by atoms with Gasteiger partial charge in [-0.1, -0.05) is 31.5 Å². The number of nitrogens with zero attached hydrogens (tertiary/aromatic N) is 4.